The maximum Gasteiger partial charge on any atom is 0.415 e. The second-order valence-corrected chi connectivity index (χ2v) is 3.63. The Morgan fingerprint density at radius 2 is 2.25 bits per heavy atom. The zero-order valence-electron chi connectivity index (χ0n) is 8.42. The average molecular weight is 258 g/mol. The summed E-state index contributed by atoms with van der Waals surface area (Å²) in [6.07, 6.45) is -5.58. The number of rotatable bonds is 4. The van der Waals surface area contributed by atoms with Gasteiger partial charge in [-0.25, -0.2) is 4.98 Å². The minimum absolute atomic E-state index is 0.107. The second-order valence-electron chi connectivity index (χ2n) is 3.24. The predicted octanol–water partition coefficient (Wildman–Crippen LogP) is 1.09. The first kappa shape index (κ1) is 13.3. The SMILES string of the molecule is Cn1c(Cl)cnc1CNCC(O)C(F)(F)F. The molecule has 1 aromatic heterocycles. The highest BCUT2D eigenvalue weighted by Crippen LogP contribution is 2.19. The highest BCUT2D eigenvalue weighted by molar-refractivity contribution is 6.29. The fourth-order valence-electron chi connectivity index (χ4n) is 1.02. The van der Waals surface area contributed by atoms with E-state index in [4.69, 9.17) is 16.7 Å². The van der Waals surface area contributed by atoms with Crippen LogP contribution in [0.4, 0.5) is 13.2 Å². The zero-order valence-corrected chi connectivity index (χ0v) is 9.18. The molecule has 16 heavy (non-hydrogen) atoms. The van der Waals surface area contributed by atoms with E-state index in [9.17, 15) is 13.2 Å². The van der Waals surface area contributed by atoms with Crippen molar-refractivity contribution in [3.8, 4) is 0 Å². The van der Waals surface area contributed by atoms with Gasteiger partial charge in [-0.15, -0.1) is 0 Å². The maximum absolute atomic E-state index is 11.9. The number of halogens is 4. The smallest absolute Gasteiger partial charge is 0.382 e. The van der Waals surface area contributed by atoms with Crippen molar-refractivity contribution in [3.05, 3.63) is 17.2 Å². The lowest BCUT2D eigenvalue weighted by Crippen LogP contribution is -2.38. The van der Waals surface area contributed by atoms with Crippen LogP contribution in [0.2, 0.25) is 5.15 Å². The molecular weight excluding hydrogens is 247 g/mol. The molecule has 4 nitrogen and oxygen atoms in total. The van der Waals surface area contributed by atoms with E-state index in [-0.39, 0.29) is 6.54 Å². The van der Waals surface area contributed by atoms with Crippen molar-refractivity contribution in [2.75, 3.05) is 6.54 Å². The molecule has 1 aromatic rings. The number of hydrogen-bond donors (Lipinski definition) is 2. The summed E-state index contributed by atoms with van der Waals surface area (Å²) in [5.41, 5.74) is 0. The Balaban J connectivity index is 2.39. The number of aliphatic hydroxyl groups is 1. The van der Waals surface area contributed by atoms with Gasteiger partial charge in [0.05, 0.1) is 12.7 Å². The van der Waals surface area contributed by atoms with Crippen LogP contribution in [-0.4, -0.2) is 33.5 Å². The topological polar surface area (TPSA) is 50.1 Å². The largest absolute Gasteiger partial charge is 0.415 e. The molecule has 8 heteroatoms. The van der Waals surface area contributed by atoms with Gasteiger partial charge in [-0.1, -0.05) is 11.6 Å². The van der Waals surface area contributed by atoms with Crippen LogP contribution in [0.25, 0.3) is 0 Å². The molecule has 0 aromatic carbocycles. The standard InChI is InChI=1S/C8H11ClF3N3O/c1-15-6(9)3-14-7(15)4-13-2-5(16)8(10,11)12/h3,5,13,16H,2,4H2,1H3. The van der Waals surface area contributed by atoms with Crippen LogP contribution in [0.1, 0.15) is 5.82 Å². The van der Waals surface area contributed by atoms with Crippen molar-refractivity contribution in [1.29, 1.82) is 0 Å². The number of alkyl halides is 3. The predicted molar refractivity (Wildman–Crippen MR) is 52.0 cm³/mol. The third-order valence-electron chi connectivity index (χ3n) is 2.03. The number of nitrogens with one attached hydrogen (secondary N) is 1. The third kappa shape index (κ3) is 3.36. The zero-order chi connectivity index (χ0) is 12.3. The van der Waals surface area contributed by atoms with Gasteiger partial charge in [0.25, 0.3) is 0 Å². The van der Waals surface area contributed by atoms with Gasteiger partial charge in [-0.3, -0.25) is 0 Å². The van der Waals surface area contributed by atoms with Crippen molar-refractivity contribution in [1.82, 2.24) is 14.9 Å². The minimum Gasteiger partial charge on any atom is -0.382 e. The fourth-order valence-corrected chi connectivity index (χ4v) is 1.17. The Bertz CT molecular complexity index is 353. The molecule has 1 unspecified atom stereocenters. The van der Waals surface area contributed by atoms with Crippen LogP contribution < -0.4 is 5.32 Å². The summed E-state index contributed by atoms with van der Waals surface area (Å²) in [4.78, 5) is 3.88. The van der Waals surface area contributed by atoms with E-state index in [1.54, 1.807) is 7.05 Å². The second kappa shape index (κ2) is 5.03. The minimum atomic E-state index is -4.60. The normalized spacial score (nSPS) is 14.1. The van der Waals surface area contributed by atoms with E-state index in [0.717, 1.165) is 0 Å². The Hall–Kier alpha value is -0.790. The highest BCUT2D eigenvalue weighted by atomic mass is 35.5. The number of aromatic nitrogens is 2. The molecule has 0 fully saturated rings. The number of aliphatic hydroxyl groups excluding tert-OH is 1. The van der Waals surface area contributed by atoms with E-state index < -0.39 is 18.8 Å². The van der Waals surface area contributed by atoms with Crippen molar-refractivity contribution < 1.29 is 18.3 Å². The van der Waals surface area contributed by atoms with Crippen molar-refractivity contribution in [2.45, 2.75) is 18.8 Å². The molecule has 2 N–H and O–H groups in total. The summed E-state index contributed by atoms with van der Waals surface area (Å²) in [6, 6.07) is 0. The molecule has 0 saturated heterocycles. The summed E-state index contributed by atoms with van der Waals surface area (Å²) >= 11 is 5.69. The molecule has 0 aliphatic rings. The number of imidazole rings is 1. The van der Waals surface area contributed by atoms with Gasteiger partial charge in [-0.05, 0) is 0 Å². The van der Waals surface area contributed by atoms with E-state index in [2.05, 4.69) is 10.3 Å². The van der Waals surface area contributed by atoms with Crippen molar-refractivity contribution >= 4 is 11.6 Å². The van der Waals surface area contributed by atoms with E-state index in [1.165, 1.54) is 10.8 Å². The van der Waals surface area contributed by atoms with Gasteiger partial charge in [-0.2, -0.15) is 13.2 Å². The van der Waals surface area contributed by atoms with Crippen LogP contribution in [0, 0.1) is 0 Å². The van der Waals surface area contributed by atoms with Crippen LogP contribution >= 0.6 is 11.6 Å². The average Bonchev–Trinajstić information content (AvgIpc) is 2.48. The molecule has 1 heterocycles. The monoisotopic (exact) mass is 257 g/mol. The molecule has 0 saturated carbocycles. The molecule has 1 atom stereocenters. The first-order valence-corrected chi connectivity index (χ1v) is 4.81. The Morgan fingerprint density at radius 3 is 2.69 bits per heavy atom. The lowest BCUT2D eigenvalue weighted by molar-refractivity contribution is -0.201. The quantitative estimate of drug-likeness (QED) is 0.849. The Kier molecular flexibility index (Phi) is 4.17. The van der Waals surface area contributed by atoms with Crippen molar-refractivity contribution in [3.63, 3.8) is 0 Å². The molecule has 0 bridgehead atoms. The molecule has 92 valence electrons. The van der Waals surface area contributed by atoms with Gasteiger partial charge in [0, 0.05) is 13.6 Å². The first-order valence-electron chi connectivity index (χ1n) is 4.44. The van der Waals surface area contributed by atoms with Crippen LogP contribution in [0.15, 0.2) is 6.20 Å². The first-order chi connectivity index (χ1) is 7.32. The highest BCUT2D eigenvalue weighted by Gasteiger charge is 2.37. The fraction of sp³-hybridized carbons (Fsp3) is 0.625. The maximum atomic E-state index is 11.9. The Morgan fingerprint density at radius 1 is 1.62 bits per heavy atom. The summed E-state index contributed by atoms with van der Waals surface area (Å²) < 4.78 is 37.3. The van der Waals surface area contributed by atoms with Gasteiger partial charge >= 0.3 is 6.18 Å². The van der Waals surface area contributed by atoms with E-state index in [1.807, 2.05) is 0 Å². The van der Waals surface area contributed by atoms with Crippen molar-refractivity contribution in [2.24, 2.45) is 7.05 Å². The number of hydrogen-bond acceptors (Lipinski definition) is 3. The van der Waals surface area contributed by atoms with Crippen LogP contribution in [0.5, 0.6) is 0 Å². The molecule has 0 aliphatic carbocycles. The molecule has 0 amide bonds. The molecule has 1 rings (SSSR count). The lowest BCUT2D eigenvalue weighted by Gasteiger charge is -2.14. The number of nitrogens with zero attached hydrogens (tertiary/aromatic N) is 2. The summed E-state index contributed by atoms with van der Waals surface area (Å²) in [5.74, 6) is 0.499. The summed E-state index contributed by atoms with van der Waals surface area (Å²) in [6.45, 7) is -0.468. The van der Waals surface area contributed by atoms with E-state index in [0.29, 0.717) is 11.0 Å². The molecule has 0 spiro atoms. The van der Waals surface area contributed by atoms with E-state index >= 15 is 0 Å². The third-order valence-corrected chi connectivity index (χ3v) is 2.38. The van der Waals surface area contributed by atoms with Gasteiger partial charge in [0.1, 0.15) is 11.0 Å². The molecular formula is C8H11ClF3N3O. The Labute approximate surface area is 95.0 Å². The van der Waals surface area contributed by atoms with Crippen LogP contribution in [0.3, 0.4) is 0 Å². The van der Waals surface area contributed by atoms with Gasteiger partial charge < -0.3 is 15.0 Å². The van der Waals surface area contributed by atoms with Gasteiger partial charge in [0.2, 0.25) is 0 Å². The summed E-state index contributed by atoms with van der Waals surface area (Å²) in [5, 5.41) is 11.5. The van der Waals surface area contributed by atoms with Crippen LogP contribution in [-0.2, 0) is 13.6 Å². The molecule has 0 aliphatic heterocycles. The molecule has 0 radical (unpaired) electrons. The summed E-state index contributed by atoms with van der Waals surface area (Å²) in [7, 11) is 1.65. The van der Waals surface area contributed by atoms with Gasteiger partial charge in [0.15, 0.2) is 6.10 Å². The lowest BCUT2D eigenvalue weighted by atomic mass is 10.3.